The van der Waals surface area contributed by atoms with Crippen molar-refractivity contribution < 1.29 is 4.79 Å². The molecule has 4 atom stereocenters. The zero-order valence-electron chi connectivity index (χ0n) is 11.9. The highest BCUT2D eigenvalue weighted by Gasteiger charge is 2.45. The number of hydrogen-bond donors (Lipinski definition) is 0. The fourth-order valence-electron chi connectivity index (χ4n) is 3.50. The van der Waals surface area contributed by atoms with Crippen LogP contribution in [0, 0.1) is 23.7 Å². The average Bonchev–Trinajstić information content (AvgIpc) is 3.04. The summed E-state index contributed by atoms with van der Waals surface area (Å²) < 4.78 is 0. The van der Waals surface area contributed by atoms with Crippen LogP contribution < -0.4 is 0 Å². The smallest absolute Gasteiger partial charge is 0.223 e. The highest BCUT2D eigenvalue weighted by atomic mass is 16.2. The molecule has 1 fully saturated rings. The average molecular weight is 247 g/mol. The van der Waals surface area contributed by atoms with Crippen LogP contribution in [0.15, 0.2) is 24.4 Å². The topological polar surface area (TPSA) is 20.3 Å². The SMILES string of the molecule is C=CN(CC1CC1C1CC=C(C)CC1C)C(C)=O. The van der Waals surface area contributed by atoms with Crippen LogP contribution in [0.2, 0.25) is 0 Å². The van der Waals surface area contributed by atoms with Crippen molar-refractivity contribution in [1.82, 2.24) is 4.90 Å². The molecule has 2 aliphatic carbocycles. The lowest BCUT2D eigenvalue weighted by Gasteiger charge is -2.28. The summed E-state index contributed by atoms with van der Waals surface area (Å²) in [5.41, 5.74) is 1.55. The molecule has 2 aliphatic rings. The molecule has 2 nitrogen and oxygen atoms in total. The Labute approximate surface area is 111 Å². The third kappa shape index (κ3) is 2.85. The van der Waals surface area contributed by atoms with Crippen LogP contribution >= 0.6 is 0 Å². The molecule has 2 rings (SSSR count). The first-order valence-corrected chi connectivity index (χ1v) is 7.08. The van der Waals surface area contributed by atoms with Crippen LogP contribution in [0.4, 0.5) is 0 Å². The molecular weight excluding hydrogens is 222 g/mol. The second kappa shape index (κ2) is 5.29. The van der Waals surface area contributed by atoms with Crippen molar-refractivity contribution in [2.75, 3.05) is 6.54 Å². The van der Waals surface area contributed by atoms with Crippen molar-refractivity contribution in [3.63, 3.8) is 0 Å². The molecule has 4 unspecified atom stereocenters. The molecule has 1 saturated carbocycles. The number of amides is 1. The second-order valence-electron chi connectivity index (χ2n) is 6.15. The number of nitrogens with zero attached hydrogens (tertiary/aromatic N) is 1. The standard InChI is InChI=1S/C16H25NO/c1-5-17(13(4)18)10-14-9-16(14)15-7-6-11(2)8-12(15)3/h5-6,12,14-16H,1,7-10H2,2-4H3. The van der Waals surface area contributed by atoms with Gasteiger partial charge in [0.1, 0.15) is 0 Å². The minimum atomic E-state index is 0.114. The van der Waals surface area contributed by atoms with E-state index in [0.29, 0.717) is 5.92 Å². The maximum absolute atomic E-state index is 11.4. The Morgan fingerprint density at radius 2 is 2.28 bits per heavy atom. The van der Waals surface area contributed by atoms with E-state index in [1.807, 2.05) is 0 Å². The summed E-state index contributed by atoms with van der Waals surface area (Å²) in [5, 5.41) is 0. The zero-order chi connectivity index (χ0) is 13.3. The predicted molar refractivity (Wildman–Crippen MR) is 74.8 cm³/mol. The molecular formula is C16H25NO. The quantitative estimate of drug-likeness (QED) is 0.695. The molecule has 0 radical (unpaired) electrons. The van der Waals surface area contributed by atoms with Crippen molar-refractivity contribution in [2.24, 2.45) is 23.7 Å². The van der Waals surface area contributed by atoms with Gasteiger partial charge >= 0.3 is 0 Å². The third-order valence-corrected chi connectivity index (χ3v) is 4.70. The first-order valence-electron chi connectivity index (χ1n) is 7.08. The molecule has 0 saturated heterocycles. The summed E-state index contributed by atoms with van der Waals surface area (Å²) in [6.45, 7) is 10.8. The summed E-state index contributed by atoms with van der Waals surface area (Å²) in [5.74, 6) is 3.28. The third-order valence-electron chi connectivity index (χ3n) is 4.70. The molecule has 100 valence electrons. The Morgan fingerprint density at radius 3 is 2.83 bits per heavy atom. The summed E-state index contributed by atoms with van der Waals surface area (Å²) in [7, 11) is 0. The predicted octanol–water partition coefficient (Wildman–Crippen LogP) is 3.61. The van der Waals surface area contributed by atoms with Gasteiger partial charge in [0, 0.05) is 13.5 Å². The summed E-state index contributed by atoms with van der Waals surface area (Å²) in [6, 6.07) is 0. The largest absolute Gasteiger partial charge is 0.320 e. The fourth-order valence-corrected chi connectivity index (χ4v) is 3.50. The van der Waals surface area contributed by atoms with E-state index in [1.165, 1.54) is 19.3 Å². The normalized spacial score (nSPS) is 34.7. The lowest BCUT2D eigenvalue weighted by molar-refractivity contribution is -0.126. The highest BCUT2D eigenvalue weighted by molar-refractivity contribution is 5.74. The van der Waals surface area contributed by atoms with E-state index in [4.69, 9.17) is 0 Å². The van der Waals surface area contributed by atoms with Gasteiger partial charge < -0.3 is 4.90 Å². The molecule has 0 spiro atoms. The van der Waals surface area contributed by atoms with Crippen molar-refractivity contribution in [3.05, 3.63) is 24.4 Å². The van der Waals surface area contributed by atoms with E-state index in [9.17, 15) is 4.79 Å². The van der Waals surface area contributed by atoms with Crippen LogP contribution in [0.1, 0.15) is 40.0 Å². The number of rotatable bonds is 4. The van der Waals surface area contributed by atoms with E-state index >= 15 is 0 Å². The number of carbonyl (C=O) groups excluding carboxylic acids is 1. The maximum atomic E-state index is 11.4. The van der Waals surface area contributed by atoms with Crippen LogP contribution in [0.3, 0.4) is 0 Å². The van der Waals surface area contributed by atoms with Gasteiger partial charge in [-0.15, -0.1) is 0 Å². The van der Waals surface area contributed by atoms with Gasteiger partial charge in [-0.2, -0.15) is 0 Å². The van der Waals surface area contributed by atoms with Gasteiger partial charge in [-0.3, -0.25) is 4.79 Å². The van der Waals surface area contributed by atoms with Gasteiger partial charge in [0.2, 0.25) is 5.91 Å². The summed E-state index contributed by atoms with van der Waals surface area (Å²) >= 11 is 0. The summed E-state index contributed by atoms with van der Waals surface area (Å²) in [6.07, 6.45) is 7.87. The molecule has 1 amide bonds. The molecule has 2 heteroatoms. The van der Waals surface area contributed by atoms with Crippen molar-refractivity contribution in [1.29, 1.82) is 0 Å². The summed E-state index contributed by atoms with van der Waals surface area (Å²) in [4.78, 5) is 13.1. The Hall–Kier alpha value is -1.05. The Kier molecular flexibility index (Phi) is 3.94. The van der Waals surface area contributed by atoms with E-state index < -0.39 is 0 Å². The number of allylic oxidation sites excluding steroid dienone is 2. The van der Waals surface area contributed by atoms with Gasteiger partial charge in [0.05, 0.1) is 0 Å². The van der Waals surface area contributed by atoms with Crippen molar-refractivity contribution >= 4 is 5.91 Å². The van der Waals surface area contributed by atoms with Crippen molar-refractivity contribution in [3.8, 4) is 0 Å². The van der Waals surface area contributed by atoms with Gasteiger partial charge in [-0.25, -0.2) is 0 Å². The van der Waals surface area contributed by atoms with Crippen LogP contribution in [0.25, 0.3) is 0 Å². The molecule has 0 heterocycles. The molecule has 0 aromatic carbocycles. The van der Waals surface area contributed by atoms with Crippen LogP contribution in [-0.4, -0.2) is 17.4 Å². The lowest BCUT2D eigenvalue weighted by Crippen LogP contribution is -2.26. The zero-order valence-corrected chi connectivity index (χ0v) is 11.9. The highest BCUT2D eigenvalue weighted by Crippen LogP contribution is 2.51. The fraction of sp³-hybridized carbons (Fsp3) is 0.688. The van der Waals surface area contributed by atoms with Gasteiger partial charge in [0.15, 0.2) is 0 Å². The number of carbonyl (C=O) groups is 1. The molecule has 0 N–H and O–H groups in total. The Balaban J connectivity index is 1.88. The van der Waals surface area contributed by atoms with Gasteiger partial charge in [-0.05, 0) is 56.1 Å². The Morgan fingerprint density at radius 1 is 1.56 bits per heavy atom. The number of hydrogen-bond acceptors (Lipinski definition) is 1. The lowest BCUT2D eigenvalue weighted by atomic mass is 9.78. The van der Waals surface area contributed by atoms with Crippen molar-refractivity contribution in [2.45, 2.75) is 40.0 Å². The molecule has 18 heavy (non-hydrogen) atoms. The molecule has 0 aliphatic heterocycles. The molecule has 0 bridgehead atoms. The maximum Gasteiger partial charge on any atom is 0.223 e. The van der Waals surface area contributed by atoms with Gasteiger partial charge in [0.25, 0.3) is 0 Å². The van der Waals surface area contributed by atoms with Crippen LogP contribution in [-0.2, 0) is 4.79 Å². The van der Waals surface area contributed by atoms with Crippen LogP contribution in [0.5, 0.6) is 0 Å². The van der Waals surface area contributed by atoms with E-state index in [-0.39, 0.29) is 5.91 Å². The minimum Gasteiger partial charge on any atom is -0.320 e. The van der Waals surface area contributed by atoms with E-state index in [1.54, 1.807) is 23.6 Å². The minimum absolute atomic E-state index is 0.114. The van der Waals surface area contributed by atoms with E-state index in [2.05, 4.69) is 26.5 Å². The van der Waals surface area contributed by atoms with Gasteiger partial charge in [-0.1, -0.05) is 25.2 Å². The molecule has 0 aromatic rings. The van der Waals surface area contributed by atoms with E-state index in [0.717, 1.165) is 24.3 Å². The first-order chi connectivity index (χ1) is 8.52. The Bertz CT molecular complexity index is 371. The monoisotopic (exact) mass is 247 g/mol. The molecule has 0 aromatic heterocycles. The first kappa shape index (κ1) is 13.4. The second-order valence-corrected chi connectivity index (χ2v) is 6.15.